The maximum absolute atomic E-state index is 12.3. The maximum Gasteiger partial charge on any atom is 0.266 e. The molecule has 0 aliphatic carbocycles. The number of rotatable bonds is 6. The fourth-order valence-corrected chi connectivity index (χ4v) is 2.31. The lowest BCUT2D eigenvalue weighted by Crippen LogP contribution is -2.48. The molecule has 2 atom stereocenters. The topological polar surface area (TPSA) is 65.4 Å². The third kappa shape index (κ3) is 5.22. The quantitative estimate of drug-likeness (QED) is 0.457. The standard InChI is InChI=1S/C15H25N3O2/c1-4-5-6-7-17-9-14(8-16)15(19)18-10-12(2)20-13(3)11-18/h9,12-13,17H,4-7,10-11H2,1-3H3/b14-9-. The zero-order valence-corrected chi connectivity index (χ0v) is 12.7. The first kappa shape index (κ1) is 16.5. The molecule has 112 valence electrons. The predicted octanol–water partition coefficient (Wildman–Crippen LogP) is 1.81. The number of nitrogens with one attached hydrogen (secondary N) is 1. The number of morpholine rings is 1. The predicted molar refractivity (Wildman–Crippen MR) is 77.8 cm³/mol. The largest absolute Gasteiger partial charge is 0.390 e. The van der Waals surface area contributed by atoms with E-state index >= 15 is 0 Å². The van der Waals surface area contributed by atoms with E-state index in [4.69, 9.17) is 10.00 Å². The van der Waals surface area contributed by atoms with Gasteiger partial charge in [-0.2, -0.15) is 5.26 Å². The molecule has 0 spiro atoms. The Kier molecular flexibility index (Phi) is 7.10. The summed E-state index contributed by atoms with van der Waals surface area (Å²) in [6, 6.07) is 1.99. The first-order valence-corrected chi connectivity index (χ1v) is 7.36. The highest BCUT2D eigenvalue weighted by atomic mass is 16.5. The van der Waals surface area contributed by atoms with E-state index in [-0.39, 0.29) is 23.7 Å². The third-order valence-corrected chi connectivity index (χ3v) is 3.23. The minimum absolute atomic E-state index is 0.0140. The van der Waals surface area contributed by atoms with Crippen LogP contribution in [0, 0.1) is 11.3 Å². The summed E-state index contributed by atoms with van der Waals surface area (Å²) < 4.78 is 5.59. The van der Waals surface area contributed by atoms with E-state index in [1.165, 1.54) is 0 Å². The number of hydrogen-bond donors (Lipinski definition) is 1. The van der Waals surface area contributed by atoms with Crippen molar-refractivity contribution in [1.29, 1.82) is 5.26 Å². The Labute approximate surface area is 121 Å². The molecule has 0 aromatic carbocycles. The molecular formula is C15H25N3O2. The zero-order chi connectivity index (χ0) is 15.0. The van der Waals surface area contributed by atoms with Crippen LogP contribution in [0.3, 0.4) is 0 Å². The van der Waals surface area contributed by atoms with Gasteiger partial charge in [-0.25, -0.2) is 0 Å². The summed E-state index contributed by atoms with van der Waals surface area (Å²) in [4.78, 5) is 14.0. The van der Waals surface area contributed by atoms with E-state index < -0.39 is 0 Å². The Hall–Kier alpha value is -1.54. The molecule has 1 amide bonds. The van der Waals surface area contributed by atoms with Crippen LogP contribution in [0.2, 0.25) is 0 Å². The molecule has 0 bridgehead atoms. The van der Waals surface area contributed by atoms with Crippen LogP contribution in [0.5, 0.6) is 0 Å². The monoisotopic (exact) mass is 279 g/mol. The smallest absolute Gasteiger partial charge is 0.266 e. The lowest BCUT2D eigenvalue weighted by Gasteiger charge is -2.35. The van der Waals surface area contributed by atoms with Gasteiger partial charge < -0.3 is 15.0 Å². The van der Waals surface area contributed by atoms with Crippen molar-refractivity contribution in [3.8, 4) is 6.07 Å². The van der Waals surface area contributed by atoms with Crippen molar-refractivity contribution in [2.75, 3.05) is 19.6 Å². The van der Waals surface area contributed by atoms with E-state index in [9.17, 15) is 4.79 Å². The van der Waals surface area contributed by atoms with Crippen molar-refractivity contribution < 1.29 is 9.53 Å². The number of ether oxygens (including phenoxy) is 1. The average molecular weight is 279 g/mol. The second kappa shape index (κ2) is 8.60. The average Bonchev–Trinajstić information content (AvgIpc) is 2.41. The van der Waals surface area contributed by atoms with Crippen LogP contribution < -0.4 is 5.32 Å². The number of unbranched alkanes of at least 4 members (excludes halogenated alkanes) is 2. The van der Waals surface area contributed by atoms with Gasteiger partial charge in [0.15, 0.2) is 0 Å². The van der Waals surface area contributed by atoms with Gasteiger partial charge in [0.05, 0.1) is 12.2 Å². The molecule has 0 aromatic heterocycles. The lowest BCUT2D eigenvalue weighted by atomic mass is 10.2. The number of hydrogen-bond acceptors (Lipinski definition) is 4. The van der Waals surface area contributed by atoms with Crippen LogP contribution in [-0.2, 0) is 9.53 Å². The molecule has 0 radical (unpaired) electrons. The number of nitrogens with zero attached hydrogens (tertiary/aromatic N) is 2. The van der Waals surface area contributed by atoms with Crippen molar-refractivity contribution in [2.24, 2.45) is 0 Å². The summed E-state index contributed by atoms with van der Waals surface area (Å²) in [5.74, 6) is -0.211. The van der Waals surface area contributed by atoms with Crippen LogP contribution in [0.4, 0.5) is 0 Å². The van der Waals surface area contributed by atoms with E-state index in [1.54, 1.807) is 11.1 Å². The number of carbonyl (C=O) groups excluding carboxylic acids is 1. The second-order valence-electron chi connectivity index (χ2n) is 5.30. The Morgan fingerprint density at radius 1 is 1.40 bits per heavy atom. The first-order valence-electron chi connectivity index (χ1n) is 7.36. The Bertz CT molecular complexity index is 377. The molecule has 1 heterocycles. The third-order valence-electron chi connectivity index (χ3n) is 3.23. The zero-order valence-electron chi connectivity index (χ0n) is 12.7. The molecular weight excluding hydrogens is 254 g/mol. The molecule has 1 aliphatic heterocycles. The molecule has 1 N–H and O–H groups in total. The summed E-state index contributed by atoms with van der Waals surface area (Å²) in [5, 5.41) is 12.2. The first-order chi connectivity index (χ1) is 9.58. The van der Waals surface area contributed by atoms with Crippen LogP contribution >= 0.6 is 0 Å². The van der Waals surface area contributed by atoms with Gasteiger partial charge in [-0.15, -0.1) is 0 Å². The van der Waals surface area contributed by atoms with E-state index in [0.29, 0.717) is 13.1 Å². The highest BCUT2D eigenvalue weighted by Gasteiger charge is 2.27. The highest BCUT2D eigenvalue weighted by Crippen LogP contribution is 2.13. The summed E-state index contributed by atoms with van der Waals surface area (Å²) >= 11 is 0. The van der Waals surface area contributed by atoms with Crippen molar-refractivity contribution in [3.63, 3.8) is 0 Å². The normalized spacial score (nSPS) is 23.3. The molecule has 1 rings (SSSR count). The Balaban J connectivity index is 2.53. The molecule has 2 unspecified atom stereocenters. The van der Waals surface area contributed by atoms with Gasteiger partial charge in [0, 0.05) is 25.8 Å². The van der Waals surface area contributed by atoms with Crippen LogP contribution in [0.15, 0.2) is 11.8 Å². The van der Waals surface area contributed by atoms with Crippen molar-refractivity contribution >= 4 is 5.91 Å². The van der Waals surface area contributed by atoms with Crippen LogP contribution in [0.1, 0.15) is 40.0 Å². The SMILES string of the molecule is CCCCCN/C=C(/C#N)C(=O)N1CC(C)OC(C)C1. The summed E-state index contributed by atoms with van der Waals surface area (Å²) in [6.07, 6.45) is 4.92. The van der Waals surface area contributed by atoms with Crippen molar-refractivity contribution in [3.05, 3.63) is 11.8 Å². The minimum Gasteiger partial charge on any atom is -0.390 e. The molecule has 1 aliphatic rings. The van der Waals surface area contributed by atoms with Crippen LogP contribution in [0.25, 0.3) is 0 Å². The molecule has 1 fully saturated rings. The maximum atomic E-state index is 12.3. The molecule has 0 saturated carbocycles. The fraction of sp³-hybridized carbons (Fsp3) is 0.733. The second-order valence-corrected chi connectivity index (χ2v) is 5.30. The summed E-state index contributed by atoms with van der Waals surface area (Å²) in [5.41, 5.74) is 0.169. The van der Waals surface area contributed by atoms with Gasteiger partial charge in [-0.05, 0) is 20.3 Å². The van der Waals surface area contributed by atoms with Gasteiger partial charge in [-0.1, -0.05) is 19.8 Å². The molecule has 20 heavy (non-hydrogen) atoms. The van der Waals surface area contributed by atoms with Crippen molar-refractivity contribution in [2.45, 2.75) is 52.2 Å². The van der Waals surface area contributed by atoms with E-state index in [0.717, 1.165) is 25.8 Å². The molecule has 1 saturated heterocycles. The molecule has 5 nitrogen and oxygen atoms in total. The van der Waals surface area contributed by atoms with Gasteiger partial charge >= 0.3 is 0 Å². The van der Waals surface area contributed by atoms with Crippen LogP contribution in [-0.4, -0.2) is 42.6 Å². The van der Waals surface area contributed by atoms with E-state index in [2.05, 4.69) is 12.2 Å². The highest BCUT2D eigenvalue weighted by molar-refractivity contribution is 5.97. The Morgan fingerprint density at radius 2 is 2.05 bits per heavy atom. The lowest BCUT2D eigenvalue weighted by molar-refractivity contribution is -0.138. The number of carbonyl (C=O) groups is 1. The van der Waals surface area contributed by atoms with Gasteiger partial charge in [-0.3, -0.25) is 4.79 Å². The number of amides is 1. The van der Waals surface area contributed by atoms with Gasteiger partial charge in [0.2, 0.25) is 0 Å². The number of nitriles is 1. The minimum atomic E-state index is -0.211. The fourth-order valence-electron chi connectivity index (χ4n) is 2.31. The molecule has 0 aromatic rings. The van der Waals surface area contributed by atoms with Crippen molar-refractivity contribution in [1.82, 2.24) is 10.2 Å². The van der Waals surface area contributed by atoms with Gasteiger partial charge in [0.25, 0.3) is 5.91 Å². The Morgan fingerprint density at radius 3 is 2.60 bits per heavy atom. The summed E-state index contributed by atoms with van der Waals surface area (Å²) in [6.45, 7) is 7.89. The van der Waals surface area contributed by atoms with Gasteiger partial charge in [0.1, 0.15) is 11.6 Å². The summed E-state index contributed by atoms with van der Waals surface area (Å²) in [7, 11) is 0. The van der Waals surface area contributed by atoms with E-state index in [1.807, 2.05) is 19.9 Å². The molecule has 5 heteroatoms.